The molecule has 1 aromatic rings. The molecule has 6 heteroatoms. The number of anilines is 1. The van der Waals surface area contributed by atoms with Crippen molar-refractivity contribution in [3.63, 3.8) is 0 Å². The molecule has 100 valence electrons. The van der Waals surface area contributed by atoms with Gasteiger partial charge < -0.3 is 15.9 Å². The van der Waals surface area contributed by atoms with Crippen molar-refractivity contribution < 1.29 is 15.0 Å². The number of carbonyl (C=O) groups excluding carboxylic acids is 1. The fraction of sp³-hybridized carbons (Fsp3) is 0.417. The second-order valence-corrected chi connectivity index (χ2v) is 5.62. The molecule has 0 amide bonds. The largest absolute Gasteiger partial charge is 0.398 e. The average Bonchev–Trinajstić information content (AvgIpc) is 2.27. The molecule has 2 unspecified atom stereocenters. The first-order chi connectivity index (χ1) is 8.41. The van der Waals surface area contributed by atoms with Crippen LogP contribution in [-0.2, 0) is 4.79 Å². The Kier molecular flexibility index (Phi) is 5.95. The van der Waals surface area contributed by atoms with Crippen molar-refractivity contribution in [2.24, 2.45) is 0 Å². The third-order valence-electron chi connectivity index (χ3n) is 2.45. The van der Waals surface area contributed by atoms with Gasteiger partial charge in [-0.2, -0.15) is 0 Å². The molecule has 0 bridgehead atoms. The zero-order valence-corrected chi connectivity index (χ0v) is 11.5. The Balaban J connectivity index is 2.62. The lowest BCUT2D eigenvalue weighted by atomic mass is 10.0. The Morgan fingerprint density at radius 3 is 2.72 bits per heavy atom. The van der Waals surface area contributed by atoms with Crippen LogP contribution in [0.15, 0.2) is 18.2 Å². The number of benzene rings is 1. The van der Waals surface area contributed by atoms with Crippen molar-refractivity contribution in [1.29, 1.82) is 0 Å². The van der Waals surface area contributed by atoms with E-state index in [9.17, 15) is 15.0 Å². The van der Waals surface area contributed by atoms with Gasteiger partial charge in [-0.3, -0.25) is 4.79 Å². The van der Waals surface area contributed by atoms with Crippen LogP contribution in [0.3, 0.4) is 0 Å². The quantitative estimate of drug-likeness (QED) is 0.722. The Labute approximate surface area is 115 Å². The molecule has 0 saturated carbocycles. The molecule has 0 aliphatic heterocycles. The number of nitrogens with two attached hydrogens (primary N) is 1. The van der Waals surface area contributed by atoms with Gasteiger partial charge in [0.2, 0.25) is 0 Å². The Bertz CT molecular complexity index is 428. The molecule has 4 nitrogen and oxygen atoms in total. The van der Waals surface area contributed by atoms with Crippen LogP contribution in [0.4, 0.5) is 5.69 Å². The standard InChI is InChI=1S/C12H16ClNO3S/c1-7(15)18-5-4-11(16)12(17)9-3-2-8(13)6-10(9)14/h2-3,6,11-12,16-17H,4-5,14H2,1H3. The van der Waals surface area contributed by atoms with Gasteiger partial charge in [0.05, 0.1) is 6.10 Å². The first kappa shape index (κ1) is 15.3. The summed E-state index contributed by atoms with van der Waals surface area (Å²) in [6.45, 7) is 1.46. The maximum Gasteiger partial charge on any atom is 0.185 e. The lowest BCUT2D eigenvalue weighted by Gasteiger charge is -2.19. The second kappa shape index (κ2) is 6.99. The number of thioether (sulfide) groups is 1. The molecule has 0 heterocycles. The summed E-state index contributed by atoms with van der Waals surface area (Å²) in [5.74, 6) is 0.459. The van der Waals surface area contributed by atoms with Gasteiger partial charge in [-0.1, -0.05) is 29.4 Å². The Hall–Kier alpha value is -0.750. The highest BCUT2D eigenvalue weighted by Gasteiger charge is 2.20. The molecule has 2 atom stereocenters. The number of hydrogen-bond acceptors (Lipinski definition) is 5. The molecule has 0 spiro atoms. The van der Waals surface area contributed by atoms with Crippen molar-refractivity contribution in [3.8, 4) is 0 Å². The van der Waals surface area contributed by atoms with Gasteiger partial charge in [-0.25, -0.2) is 0 Å². The third-order valence-corrected chi connectivity index (χ3v) is 3.53. The number of carbonyl (C=O) groups is 1. The van der Waals surface area contributed by atoms with Gasteiger partial charge in [0.25, 0.3) is 0 Å². The molecular formula is C12H16ClNO3S. The van der Waals surface area contributed by atoms with E-state index in [0.717, 1.165) is 11.8 Å². The normalized spacial score (nSPS) is 14.2. The molecule has 0 aromatic heterocycles. The van der Waals surface area contributed by atoms with Crippen LogP contribution in [0, 0.1) is 0 Å². The van der Waals surface area contributed by atoms with Crippen molar-refractivity contribution in [1.82, 2.24) is 0 Å². The van der Waals surface area contributed by atoms with Gasteiger partial charge in [-0.15, -0.1) is 0 Å². The fourth-order valence-electron chi connectivity index (χ4n) is 1.50. The van der Waals surface area contributed by atoms with Gasteiger partial charge in [-0.05, 0) is 18.6 Å². The van der Waals surface area contributed by atoms with Crippen LogP contribution >= 0.6 is 23.4 Å². The first-order valence-corrected chi connectivity index (χ1v) is 6.82. The average molecular weight is 290 g/mol. The summed E-state index contributed by atoms with van der Waals surface area (Å²) >= 11 is 6.87. The summed E-state index contributed by atoms with van der Waals surface area (Å²) < 4.78 is 0. The van der Waals surface area contributed by atoms with E-state index < -0.39 is 12.2 Å². The summed E-state index contributed by atoms with van der Waals surface area (Å²) in [7, 11) is 0. The fourth-order valence-corrected chi connectivity index (χ4v) is 2.33. The summed E-state index contributed by atoms with van der Waals surface area (Å²) in [6.07, 6.45) is -1.72. The predicted molar refractivity (Wildman–Crippen MR) is 74.6 cm³/mol. The van der Waals surface area contributed by atoms with E-state index in [1.807, 2.05) is 0 Å². The predicted octanol–water partition coefficient (Wildman–Crippen LogP) is 1.99. The van der Waals surface area contributed by atoms with Gasteiger partial charge in [0.1, 0.15) is 6.10 Å². The smallest absolute Gasteiger partial charge is 0.185 e. The zero-order chi connectivity index (χ0) is 13.7. The molecule has 1 rings (SSSR count). The molecule has 0 fully saturated rings. The molecule has 4 N–H and O–H groups in total. The zero-order valence-electron chi connectivity index (χ0n) is 9.97. The highest BCUT2D eigenvalue weighted by Crippen LogP contribution is 2.27. The highest BCUT2D eigenvalue weighted by atomic mass is 35.5. The van der Waals surface area contributed by atoms with Gasteiger partial charge in [0, 0.05) is 29.0 Å². The van der Waals surface area contributed by atoms with Gasteiger partial charge in [0.15, 0.2) is 5.12 Å². The van der Waals surface area contributed by atoms with E-state index in [0.29, 0.717) is 28.4 Å². The third kappa shape index (κ3) is 4.49. The van der Waals surface area contributed by atoms with Crippen molar-refractivity contribution in [2.45, 2.75) is 25.6 Å². The number of hydrogen-bond donors (Lipinski definition) is 3. The number of rotatable bonds is 5. The van der Waals surface area contributed by atoms with Crippen molar-refractivity contribution in [3.05, 3.63) is 28.8 Å². The van der Waals surface area contributed by atoms with E-state index in [1.165, 1.54) is 13.0 Å². The topological polar surface area (TPSA) is 83.5 Å². The molecular weight excluding hydrogens is 274 g/mol. The van der Waals surface area contributed by atoms with Crippen molar-refractivity contribution >= 4 is 34.2 Å². The monoisotopic (exact) mass is 289 g/mol. The summed E-state index contributed by atoms with van der Waals surface area (Å²) in [4.78, 5) is 10.7. The van der Waals surface area contributed by atoms with Crippen LogP contribution in [-0.4, -0.2) is 27.2 Å². The van der Waals surface area contributed by atoms with E-state index in [4.69, 9.17) is 17.3 Å². The van der Waals surface area contributed by atoms with Crippen LogP contribution in [0.2, 0.25) is 5.02 Å². The van der Waals surface area contributed by atoms with E-state index in [1.54, 1.807) is 12.1 Å². The first-order valence-electron chi connectivity index (χ1n) is 5.46. The minimum atomic E-state index is -1.07. The highest BCUT2D eigenvalue weighted by molar-refractivity contribution is 8.13. The SMILES string of the molecule is CC(=O)SCCC(O)C(O)c1ccc(Cl)cc1N. The molecule has 0 aliphatic rings. The van der Waals surface area contributed by atoms with Crippen LogP contribution in [0.5, 0.6) is 0 Å². The molecule has 0 saturated heterocycles. The van der Waals surface area contributed by atoms with E-state index in [-0.39, 0.29) is 5.12 Å². The lowest BCUT2D eigenvalue weighted by Crippen LogP contribution is -2.20. The molecule has 0 aliphatic carbocycles. The van der Waals surface area contributed by atoms with Crippen molar-refractivity contribution in [2.75, 3.05) is 11.5 Å². The van der Waals surface area contributed by atoms with Crippen LogP contribution in [0.25, 0.3) is 0 Å². The molecule has 1 aromatic carbocycles. The minimum Gasteiger partial charge on any atom is -0.398 e. The van der Waals surface area contributed by atoms with Crippen LogP contribution < -0.4 is 5.73 Å². The van der Waals surface area contributed by atoms with Gasteiger partial charge >= 0.3 is 0 Å². The minimum absolute atomic E-state index is 0.0114. The summed E-state index contributed by atoms with van der Waals surface area (Å²) in [5, 5.41) is 20.2. The number of aliphatic hydroxyl groups excluding tert-OH is 2. The summed E-state index contributed by atoms with van der Waals surface area (Å²) in [6, 6.07) is 4.72. The maximum absolute atomic E-state index is 10.7. The lowest BCUT2D eigenvalue weighted by molar-refractivity contribution is -0.109. The number of halogens is 1. The Morgan fingerprint density at radius 1 is 1.50 bits per heavy atom. The number of nitrogen functional groups attached to an aromatic ring is 1. The van der Waals surface area contributed by atoms with E-state index in [2.05, 4.69) is 0 Å². The molecule has 18 heavy (non-hydrogen) atoms. The maximum atomic E-state index is 10.7. The Morgan fingerprint density at radius 2 is 2.17 bits per heavy atom. The number of aliphatic hydroxyl groups is 2. The van der Waals surface area contributed by atoms with E-state index >= 15 is 0 Å². The second-order valence-electron chi connectivity index (χ2n) is 3.91. The van der Waals surface area contributed by atoms with Crippen LogP contribution in [0.1, 0.15) is 25.0 Å². The summed E-state index contributed by atoms with van der Waals surface area (Å²) in [5.41, 5.74) is 6.51. The molecule has 0 radical (unpaired) electrons.